The molecule has 3 nitrogen and oxygen atoms in total. The van der Waals surface area contributed by atoms with Crippen LogP contribution in [0.5, 0.6) is 0 Å². The van der Waals surface area contributed by atoms with Crippen LogP contribution in [0.1, 0.15) is 6.92 Å². The van der Waals surface area contributed by atoms with Crippen molar-refractivity contribution >= 4 is 10.8 Å². The number of hydrogen-bond donors (Lipinski definition) is 1. The van der Waals surface area contributed by atoms with Gasteiger partial charge in [-0.25, -0.2) is 0 Å². The third-order valence-electron chi connectivity index (χ3n) is 2.89. The fourth-order valence-corrected chi connectivity index (χ4v) is 2.53. The van der Waals surface area contributed by atoms with Crippen LogP contribution in [-0.2, 0) is 10.8 Å². The molecule has 0 bridgehead atoms. The van der Waals surface area contributed by atoms with Crippen molar-refractivity contribution < 1.29 is 17.4 Å². The molecule has 0 aromatic heterocycles. The van der Waals surface area contributed by atoms with Gasteiger partial charge in [-0.1, -0.05) is 6.92 Å². The summed E-state index contributed by atoms with van der Waals surface area (Å²) < 4.78 is 49.2. The second-order valence-electron chi connectivity index (χ2n) is 4.18. The van der Waals surface area contributed by atoms with Crippen molar-refractivity contribution in [2.24, 2.45) is 5.92 Å². The third kappa shape index (κ3) is 5.35. The van der Waals surface area contributed by atoms with E-state index in [-0.39, 0.29) is 13.1 Å². The average molecular weight is 272 g/mol. The van der Waals surface area contributed by atoms with Crippen molar-refractivity contribution in [1.29, 1.82) is 0 Å². The summed E-state index contributed by atoms with van der Waals surface area (Å²) in [7, 11) is -0.910. The Bertz CT molecular complexity index is 260. The molecular formula is C10H19F3N2OS. The highest BCUT2D eigenvalue weighted by atomic mass is 32.2. The summed E-state index contributed by atoms with van der Waals surface area (Å²) >= 11 is 0. The van der Waals surface area contributed by atoms with Gasteiger partial charge in [0.15, 0.2) is 0 Å². The second kappa shape index (κ2) is 6.70. The molecule has 0 amide bonds. The molecule has 102 valence electrons. The molecule has 0 spiro atoms. The predicted molar refractivity (Wildman–Crippen MR) is 62.4 cm³/mol. The smallest absolute Gasteiger partial charge is 0.315 e. The van der Waals surface area contributed by atoms with Gasteiger partial charge in [-0.15, -0.1) is 0 Å². The summed E-state index contributed by atoms with van der Waals surface area (Å²) in [5.41, 5.74) is 0. The van der Waals surface area contributed by atoms with Gasteiger partial charge >= 0.3 is 6.18 Å². The van der Waals surface area contributed by atoms with Gasteiger partial charge < -0.3 is 10.2 Å². The zero-order chi connectivity index (χ0) is 12.9. The Hall–Kier alpha value is -0.140. The molecule has 2 atom stereocenters. The Kier molecular flexibility index (Phi) is 5.88. The highest BCUT2D eigenvalue weighted by Gasteiger charge is 2.40. The maximum atomic E-state index is 12.6. The van der Waals surface area contributed by atoms with Crippen molar-refractivity contribution in [3.8, 4) is 0 Å². The normalized spacial score (nSPS) is 25.5. The largest absolute Gasteiger partial charge is 0.394 e. The molecule has 1 saturated heterocycles. The van der Waals surface area contributed by atoms with Crippen LogP contribution in [0, 0.1) is 5.92 Å². The first-order chi connectivity index (χ1) is 7.93. The summed E-state index contributed by atoms with van der Waals surface area (Å²) in [6.07, 6.45) is -4.15. The number of nitrogens with zero attached hydrogens (tertiary/aromatic N) is 1. The highest BCUT2D eigenvalue weighted by molar-refractivity contribution is 7.84. The summed E-state index contributed by atoms with van der Waals surface area (Å²) in [4.78, 5) is 1.76. The van der Waals surface area contributed by atoms with Crippen LogP contribution in [0.2, 0.25) is 0 Å². The molecule has 17 heavy (non-hydrogen) atoms. The topological polar surface area (TPSA) is 32.3 Å². The molecule has 0 aromatic rings. The SMILES string of the molecule is CCS(=O)CCN1CCNCC(C(F)(F)F)C1. The lowest BCUT2D eigenvalue weighted by Crippen LogP contribution is -2.39. The highest BCUT2D eigenvalue weighted by Crippen LogP contribution is 2.27. The zero-order valence-electron chi connectivity index (χ0n) is 9.92. The Labute approximate surface area is 102 Å². The average Bonchev–Trinajstić information content (AvgIpc) is 2.50. The van der Waals surface area contributed by atoms with Crippen molar-refractivity contribution in [2.45, 2.75) is 13.1 Å². The van der Waals surface area contributed by atoms with Crippen molar-refractivity contribution in [3.05, 3.63) is 0 Å². The zero-order valence-corrected chi connectivity index (χ0v) is 10.7. The van der Waals surface area contributed by atoms with E-state index in [0.29, 0.717) is 31.1 Å². The molecule has 7 heteroatoms. The van der Waals surface area contributed by atoms with E-state index < -0.39 is 22.9 Å². The number of nitrogens with one attached hydrogen (secondary N) is 1. The number of halogens is 3. The van der Waals surface area contributed by atoms with Gasteiger partial charge in [0.1, 0.15) is 0 Å². The molecule has 0 aliphatic carbocycles. The minimum absolute atomic E-state index is 0.0113. The van der Waals surface area contributed by atoms with Crippen LogP contribution in [-0.4, -0.2) is 59.5 Å². The Balaban J connectivity index is 2.46. The first-order valence-corrected chi connectivity index (χ1v) is 7.27. The Morgan fingerprint density at radius 1 is 1.47 bits per heavy atom. The molecule has 1 aliphatic heterocycles. The van der Waals surface area contributed by atoms with E-state index in [1.54, 1.807) is 4.90 Å². The minimum Gasteiger partial charge on any atom is -0.315 e. The van der Waals surface area contributed by atoms with Crippen LogP contribution in [0.15, 0.2) is 0 Å². The molecule has 1 heterocycles. The third-order valence-corrected chi connectivity index (χ3v) is 4.18. The molecule has 0 saturated carbocycles. The molecule has 1 N–H and O–H groups in total. The molecular weight excluding hydrogens is 253 g/mol. The minimum atomic E-state index is -4.15. The first-order valence-electron chi connectivity index (χ1n) is 5.78. The standard InChI is InChI=1S/C10H19F3N2OS/c1-2-17(16)6-5-15-4-3-14-7-9(8-15)10(11,12)13/h9,14H,2-8H2,1H3. The van der Waals surface area contributed by atoms with Gasteiger partial charge in [-0.3, -0.25) is 4.21 Å². The lowest BCUT2D eigenvalue weighted by molar-refractivity contribution is -0.175. The van der Waals surface area contributed by atoms with Gasteiger partial charge in [0.25, 0.3) is 0 Å². The summed E-state index contributed by atoms with van der Waals surface area (Å²) in [5, 5.41) is 2.80. The van der Waals surface area contributed by atoms with Gasteiger partial charge in [0.2, 0.25) is 0 Å². The van der Waals surface area contributed by atoms with Crippen LogP contribution in [0.4, 0.5) is 13.2 Å². The van der Waals surface area contributed by atoms with Crippen LogP contribution in [0.3, 0.4) is 0 Å². The second-order valence-corrected chi connectivity index (χ2v) is 6.04. The van der Waals surface area contributed by atoms with E-state index in [1.165, 1.54) is 0 Å². The maximum absolute atomic E-state index is 12.6. The quantitative estimate of drug-likeness (QED) is 0.823. The van der Waals surface area contributed by atoms with Gasteiger partial charge in [-0.05, 0) is 0 Å². The van der Waals surface area contributed by atoms with Crippen molar-refractivity contribution in [2.75, 3.05) is 44.2 Å². The van der Waals surface area contributed by atoms with Crippen LogP contribution >= 0.6 is 0 Å². The van der Waals surface area contributed by atoms with Crippen molar-refractivity contribution in [1.82, 2.24) is 10.2 Å². The summed E-state index contributed by atoms with van der Waals surface area (Å²) in [6.45, 7) is 3.44. The van der Waals surface area contributed by atoms with Crippen LogP contribution < -0.4 is 5.32 Å². The first kappa shape index (κ1) is 14.9. The van der Waals surface area contributed by atoms with Gasteiger partial charge in [0, 0.05) is 55.0 Å². The lowest BCUT2D eigenvalue weighted by atomic mass is 10.1. The number of rotatable bonds is 4. The Morgan fingerprint density at radius 3 is 2.76 bits per heavy atom. The predicted octanol–water partition coefficient (Wildman–Crippen LogP) is 0.839. The number of hydrogen-bond acceptors (Lipinski definition) is 3. The fourth-order valence-electron chi connectivity index (χ4n) is 1.78. The molecule has 2 unspecified atom stereocenters. The monoisotopic (exact) mass is 272 g/mol. The Morgan fingerprint density at radius 2 is 2.18 bits per heavy atom. The van der Waals surface area contributed by atoms with E-state index in [2.05, 4.69) is 5.32 Å². The van der Waals surface area contributed by atoms with E-state index >= 15 is 0 Å². The van der Waals surface area contributed by atoms with Gasteiger partial charge in [-0.2, -0.15) is 13.2 Å². The molecule has 1 rings (SSSR count). The molecule has 1 fully saturated rings. The van der Waals surface area contributed by atoms with Crippen molar-refractivity contribution in [3.63, 3.8) is 0 Å². The van der Waals surface area contributed by atoms with E-state index in [1.807, 2.05) is 6.92 Å². The fraction of sp³-hybridized carbons (Fsp3) is 1.00. The maximum Gasteiger partial charge on any atom is 0.394 e. The van der Waals surface area contributed by atoms with Crippen LogP contribution in [0.25, 0.3) is 0 Å². The summed E-state index contributed by atoms with van der Waals surface area (Å²) in [5.74, 6) is -0.296. The van der Waals surface area contributed by atoms with E-state index in [0.717, 1.165) is 0 Å². The van der Waals surface area contributed by atoms with E-state index in [9.17, 15) is 17.4 Å². The van der Waals surface area contributed by atoms with E-state index in [4.69, 9.17) is 0 Å². The number of alkyl halides is 3. The lowest BCUT2D eigenvalue weighted by Gasteiger charge is -2.24. The molecule has 0 aromatic carbocycles. The molecule has 0 radical (unpaired) electrons. The van der Waals surface area contributed by atoms with Gasteiger partial charge in [0.05, 0.1) is 5.92 Å². The molecule has 1 aliphatic rings. The summed E-state index contributed by atoms with van der Waals surface area (Å²) in [6, 6.07) is 0.